The van der Waals surface area contributed by atoms with Gasteiger partial charge in [0.15, 0.2) is 0 Å². The van der Waals surface area contributed by atoms with Gasteiger partial charge in [-0.2, -0.15) is 0 Å². The number of hydrogen-bond acceptors (Lipinski definition) is 5. The average molecular weight is 959 g/mol. The third-order valence-electron chi connectivity index (χ3n) is 14.3. The van der Waals surface area contributed by atoms with Gasteiger partial charge in [-0.15, -0.1) is 0 Å². The zero-order valence-electron chi connectivity index (χ0n) is 45.9. The Morgan fingerprint density at radius 2 is 0.735 bits per heavy atom. The van der Waals surface area contributed by atoms with E-state index >= 15 is 0 Å². The molecule has 0 aromatic carbocycles. The van der Waals surface area contributed by atoms with Gasteiger partial charge in [0.2, 0.25) is 5.91 Å². The van der Waals surface area contributed by atoms with E-state index in [4.69, 9.17) is 4.74 Å². The van der Waals surface area contributed by atoms with Gasteiger partial charge in [-0.05, 0) is 57.8 Å². The van der Waals surface area contributed by atoms with Gasteiger partial charge >= 0.3 is 5.97 Å². The van der Waals surface area contributed by atoms with Crippen molar-refractivity contribution in [1.29, 1.82) is 0 Å². The highest BCUT2D eigenvalue weighted by Crippen LogP contribution is 2.18. The van der Waals surface area contributed by atoms with E-state index in [9.17, 15) is 19.8 Å². The molecule has 0 rings (SSSR count). The van der Waals surface area contributed by atoms with E-state index in [1.807, 2.05) is 0 Å². The highest BCUT2D eigenvalue weighted by atomic mass is 16.5. The van der Waals surface area contributed by atoms with Crippen molar-refractivity contribution in [2.24, 2.45) is 0 Å². The summed E-state index contributed by atoms with van der Waals surface area (Å²) in [6, 6.07) is -0.553. The van der Waals surface area contributed by atoms with Crippen molar-refractivity contribution >= 4 is 11.9 Å². The number of ether oxygens (including phenoxy) is 1. The predicted octanol–water partition coefficient (Wildman–Crippen LogP) is 19.0. The molecular formula is C62H119NO5. The standard InChI is InChI=1S/C62H119NO5/c1-3-5-7-9-11-13-15-17-19-21-22-23-24-26-27-30-34-38-42-46-50-54-60(65)59(58-64)63-61(66)55-51-47-43-39-35-31-29-33-37-41-45-49-53-57-68-62(67)56-52-48-44-40-36-32-28-25-20-18-16-14-12-10-8-6-4-2/h12,14,18,20,59-60,64-65H,3-11,13,15-17,19,21-58H2,1-2H3,(H,63,66)/b14-12-,20-18-. The molecule has 0 aliphatic heterocycles. The molecule has 0 radical (unpaired) electrons. The number of carbonyl (C=O) groups is 2. The van der Waals surface area contributed by atoms with E-state index in [0.717, 1.165) is 57.8 Å². The number of nitrogens with one attached hydrogen (secondary N) is 1. The molecule has 0 saturated carbocycles. The minimum Gasteiger partial charge on any atom is -0.466 e. The Hall–Kier alpha value is -1.66. The van der Waals surface area contributed by atoms with Crippen LogP contribution in [-0.4, -0.2) is 47.4 Å². The Bertz CT molecular complexity index is 1060. The lowest BCUT2D eigenvalue weighted by Crippen LogP contribution is -2.45. The molecule has 0 saturated heterocycles. The Morgan fingerprint density at radius 1 is 0.412 bits per heavy atom. The molecule has 0 aliphatic rings. The van der Waals surface area contributed by atoms with Gasteiger partial charge in [0, 0.05) is 12.8 Å². The summed E-state index contributed by atoms with van der Waals surface area (Å²) in [7, 11) is 0. The van der Waals surface area contributed by atoms with Gasteiger partial charge in [0.25, 0.3) is 0 Å². The number of aliphatic hydroxyl groups excluding tert-OH is 2. The van der Waals surface area contributed by atoms with Crippen LogP contribution in [0.3, 0.4) is 0 Å². The lowest BCUT2D eigenvalue weighted by atomic mass is 10.0. The van der Waals surface area contributed by atoms with Crippen LogP contribution >= 0.6 is 0 Å². The number of esters is 1. The fraction of sp³-hybridized carbons (Fsp3) is 0.903. The first-order valence-electron chi connectivity index (χ1n) is 30.6. The molecule has 0 aliphatic carbocycles. The normalized spacial score (nSPS) is 12.7. The summed E-state index contributed by atoms with van der Waals surface area (Å²) in [6.07, 6.45) is 70.3. The molecule has 68 heavy (non-hydrogen) atoms. The van der Waals surface area contributed by atoms with Crippen molar-refractivity contribution in [3.05, 3.63) is 24.3 Å². The molecule has 0 aromatic rings. The lowest BCUT2D eigenvalue weighted by molar-refractivity contribution is -0.143. The van der Waals surface area contributed by atoms with Crippen LogP contribution in [0.2, 0.25) is 0 Å². The third kappa shape index (κ3) is 53.7. The van der Waals surface area contributed by atoms with Gasteiger partial charge < -0.3 is 20.3 Å². The molecule has 6 nitrogen and oxygen atoms in total. The Morgan fingerprint density at radius 3 is 1.15 bits per heavy atom. The number of amides is 1. The number of carbonyl (C=O) groups excluding carboxylic acids is 2. The SMILES string of the molecule is CCCCC/C=C\C/C=C\CCCCCCCCCC(=O)OCCCCCCCCCCCCCCCC(=O)NC(CO)C(O)CCCCCCCCCCCCCCCCCCCCCCC. The fourth-order valence-electron chi connectivity index (χ4n) is 9.55. The van der Waals surface area contributed by atoms with E-state index in [2.05, 4.69) is 43.5 Å². The van der Waals surface area contributed by atoms with Crippen molar-refractivity contribution in [3.8, 4) is 0 Å². The molecule has 6 heteroatoms. The Kier molecular flexibility index (Phi) is 56.5. The van der Waals surface area contributed by atoms with Gasteiger partial charge in [-0.1, -0.05) is 289 Å². The third-order valence-corrected chi connectivity index (χ3v) is 14.3. The summed E-state index contributed by atoms with van der Waals surface area (Å²) < 4.78 is 5.48. The molecule has 1 amide bonds. The average Bonchev–Trinajstić information content (AvgIpc) is 3.34. The summed E-state index contributed by atoms with van der Waals surface area (Å²) in [6.45, 7) is 4.92. The number of aliphatic hydroxyl groups is 2. The molecule has 0 bridgehead atoms. The Balaban J connectivity index is 3.44. The van der Waals surface area contributed by atoms with Crippen molar-refractivity contribution < 1.29 is 24.5 Å². The topological polar surface area (TPSA) is 95.9 Å². The minimum atomic E-state index is -0.674. The first kappa shape index (κ1) is 66.3. The van der Waals surface area contributed by atoms with Crippen LogP contribution in [0.25, 0.3) is 0 Å². The van der Waals surface area contributed by atoms with E-state index < -0.39 is 12.1 Å². The number of rotatable bonds is 57. The summed E-state index contributed by atoms with van der Waals surface area (Å²) in [5.41, 5.74) is 0. The van der Waals surface area contributed by atoms with E-state index in [0.29, 0.717) is 25.9 Å². The second-order valence-electron chi connectivity index (χ2n) is 21.0. The molecule has 0 spiro atoms. The van der Waals surface area contributed by atoms with Gasteiger partial charge in [-0.25, -0.2) is 0 Å². The van der Waals surface area contributed by atoms with Crippen LogP contribution in [0, 0.1) is 0 Å². The van der Waals surface area contributed by atoms with E-state index in [-0.39, 0.29) is 18.5 Å². The maximum absolute atomic E-state index is 12.5. The highest BCUT2D eigenvalue weighted by molar-refractivity contribution is 5.76. The number of unbranched alkanes of at least 4 members (excludes halogenated alkanes) is 42. The lowest BCUT2D eigenvalue weighted by Gasteiger charge is -2.22. The van der Waals surface area contributed by atoms with Crippen LogP contribution < -0.4 is 5.32 Å². The summed E-state index contributed by atoms with van der Waals surface area (Å²) >= 11 is 0. The molecule has 2 unspecified atom stereocenters. The van der Waals surface area contributed by atoms with Crippen molar-refractivity contribution in [2.75, 3.05) is 13.2 Å². The van der Waals surface area contributed by atoms with Crippen LogP contribution in [-0.2, 0) is 14.3 Å². The second-order valence-corrected chi connectivity index (χ2v) is 21.0. The van der Waals surface area contributed by atoms with Gasteiger partial charge in [0.05, 0.1) is 25.4 Å². The predicted molar refractivity (Wildman–Crippen MR) is 296 cm³/mol. The molecule has 0 heterocycles. The summed E-state index contributed by atoms with van der Waals surface area (Å²) in [5, 5.41) is 23.4. The van der Waals surface area contributed by atoms with Crippen LogP contribution in [0.15, 0.2) is 24.3 Å². The molecule has 0 aromatic heterocycles. The molecular weight excluding hydrogens is 839 g/mol. The van der Waals surface area contributed by atoms with Crippen molar-refractivity contribution in [1.82, 2.24) is 5.32 Å². The quantitative estimate of drug-likeness (QED) is 0.0321. The summed E-state index contributed by atoms with van der Waals surface area (Å²) in [5.74, 6) is -0.0572. The zero-order valence-corrected chi connectivity index (χ0v) is 45.9. The zero-order chi connectivity index (χ0) is 49.3. The molecule has 0 fully saturated rings. The maximum Gasteiger partial charge on any atom is 0.305 e. The van der Waals surface area contributed by atoms with E-state index in [1.54, 1.807) is 0 Å². The Labute approximate surface area is 424 Å². The molecule has 2 atom stereocenters. The van der Waals surface area contributed by atoms with Crippen molar-refractivity contribution in [2.45, 2.75) is 347 Å². The summed E-state index contributed by atoms with van der Waals surface area (Å²) in [4.78, 5) is 24.6. The smallest absolute Gasteiger partial charge is 0.305 e. The maximum atomic E-state index is 12.5. The van der Waals surface area contributed by atoms with Crippen LogP contribution in [0.4, 0.5) is 0 Å². The van der Waals surface area contributed by atoms with E-state index in [1.165, 1.54) is 244 Å². The van der Waals surface area contributed by atoms with Crippen LogP contribution in [0.1, 0.15) is 335 Å². The fourth-order valence-corrected chi connectivity index (χ4v) is 9.55. The first-order chi connectivity index (χ1) is 33.5. The largest absolute Gasteiger partial charge is 0.466 e. The first-order valence-corrected chi connectivity index (χ1v) is 30.6. The van der Waals surface area contributed by atoms with Crippen LogP contribution in [0.5, 0.6) is 0 Å². The molecule has 3 N–H and O–H groups in total. The molecule has 402 valence electrons. The number of allylic oxidation sites excluding steroid dienone is 4. The van der Waals surface area contributed by atoms with Crippen molar-refractivity contribution in [3.63, 3.8) is 0 Å². The second kappa shape index (κ2) is 57.9. The number of hydrogen-bond donors (Lipinski definition) is 3. The van der Waals surface area contributed by atoms with Gasteiger partial charge in [-0.3, -0.25) is 9.59 Å². The minimum absolute atomic E-state index is 0.0122. The highest BCUT2D eigenvalue weighted by Gasteiger charge is 2.20. The monoisotopic (exact) mass is 958 g/mol. The van der Waals surface area contributed by atoms with Gasteiger partial charge in [0.1, 0.15) is 0 Å².